The van der Waals surface area contributed by atoms with E-state index in [1.807, 2.05) is 0 Å². The van der Waals surface area contributed by atoms with Gasteiger partial charge in [-0.2, -0.15) is 0 Å². The largest absolute Gasteiger partial charge is 0.310 e. The molecule has 166 valence electrons. The first kappa shape index (κ1) is 21.7. The molecule has 1 nitrogen and oxygen atoms in total. The molecule has 0 unspecified atom stereocenters. The summed E-state index contributed by atoms with van der Waals surface area (Å²) in [4.78, 5) is 2.33. The lowest BCUT2D eigenvalue weighted by atomic mass is 10.0. The minimum atomic E-state index is 1.06. The normalized spacial score (nSPS) is 10.8. The van der Waals surface area contributed by atoms with Gasteiger partial charge >= 0.3 is 0 Å². The average Bonchev–Trinajstić information content (AvgIpc) is 2.90. The SMILES string of the molecule is CCc1ccc(-c2ccc(N(c3ccc(-c4ccccc4)cc3)c3cccc(C)c3)cc2)cc1. The topological polar surface area (TPSA) is 3.24 Å². The number of anilines is 3. The van der Waals surface area contributed by atoms with Crippen LogP contribution in [-0.2, 0) is 6.42 Å². The molecule has 34 heavy (non-hydrogen) atoms. The lowest BCUT2D eigenvalue weighted by Gasteiger charge is -2.26. The molecule has 5 aromatic carbocycles. The van der Waals surface area contributed by atoms with Crippen molar-refractivity contribution in [2.24, 2.45) is 0 Å². The van der Waals surface area contributed by atoms with E-state index < -0.39 is 0 Å². The number of hydrogen-bond donors (Lipinski definition) is 0. The van der Waals surface area contributed by atoms with Gasteiger partial charge in [-0.1, -0.05) is 97.9 Å². The van der Waals surface area contributed by atoms with Gasteiger partial charge in [0.15, 0.2) is 0 Å². The molecule has 0 bridgehead atoms. The van der Waals surface area contributed by atoms with Crippen molar-refractivity contribution in [3.05, 3.63) is 139 Å². The maximum Gasteiger partial charge on any atom is 0.0464 e. The third kappa shape index (κ3) is 4.65. The number of nitrogens with zero attached hydrogens (tertiary/aromatic N) is 1. The van der Waals surface area contributed by atoms with Crippen LogP contribution in [0.2, 0.25) is 0 Å². The van der Waals surface area contributed by atoms with Gasteiger partial charge in [0.2, 0.25) is 0 Å². The fourth-order valence-electron chi connectivity index (χ4n) is 4.38. The highest BCUT2D eigenvalue weighted by atomic mass is 15.1. The standard InChI is InChI=1S/C33H29N/c1-3-26-12-14-28(15-13-26)30-18-22-32(23-19-30)34(33-11-7-8-25(2)24-33)31-20-16-29(17-21-31)27-9-5-4-6-10-27/h4-24H,3H2,1-2H3. The van der Waals surface area contributed by atoms with E-state index in [0.717, 1.165) is 23.5 Å². The lowest BCUT2D eigenvalue weighted by molar-refractivity contribution is 1.14. The quantitative estimate of drug-likeness (QED) is 0.255. The molecule has 0 spiro atoms. The zero-order valence-corrected chi connectivity index (χ0v) is 19.8. The van der Waals surface area contributed by atoms with E-state index in [2.05, 4.69) is 146 Å². The molecule has 0 radical (unpaired) electrons. The Morgan fingerprint density at radius 3 is 1.47 bits per heavy atom. The molecule has 0 aliphatic heterocycles. The summed E-state index contributed by atoms with van der Waals surface area (Å²) >= 11 is 0. The first-order chi connectivity index (χ1) is 16.7. The summed E-state index contributed by atoms with van der Waals surface area (Å²) in [7, 11) is 0. The van der Waals surface area contributed by atoms with Gasteiger partial charge in [-0.15, -0.1) is 0 Å². The molecule has 0 heterocycles. The summed E-state index contributed by atoms with van der Waals surface area (Å²) in [5.74, 6) is 0. The Kier molecular flexibility index (Phi) is 6.27. The van der Waals surface area contributed by atoms with Gasteiger partial charge in [-0.25, -0.2) is 0 Å². The zero-order chi connectivity index (χ0) is 23.3. The summed E-state index contributed by atoms with van der Waals surface area (Å²) in [6.45, 7) is 4.33. The van der Waals surface area contributed by atoms with Crippen LogP contribution in [0, 0.1) is 6.92 Å². The first-order valence-electron chi connectivity index (χ1n) is 11.9. The molecule has 0 aliphatic carbocycles. The molecule has 0 N–H and O–H groups in total. The van der Waals surface area contributed by atoms with Crippen molar-refractivity contribution in [3.8, 4) is 22.3 Å². The Balaban J connectivity index is 1.51. The van der Waals surface area contributed by atoms with E-state index >= 15 is 0 Å². The van der Waals surface area contributed by atoms with Crippen LogP contribution in [-0.4, -0.2) is 0 Å². The highest BCUT2D eigenvalue weighted by Crippen LogP contribution is 2.37. The third-order valence-electron chi connectivity index (χ3n) is 6.31. The molecule has 5 aromatic rings. The molecule has 0 saturated heterocycles. The zero-order valence-electron chi connectivity index (χ0n) is 19.8. The predicted molar refractivity (Wildman–Crippen MR) is 146 cm³/mol. The third-order valence-corrected chi connectivity index (χ3v) is 6.31. The fraction of sp³-hybridized carbons (Fsp3) is 0.0909. The molecule has 0 aliphatic rings. The van der Waals surface area contributed by atoms with Crippen LogP contribution in [0.25, 0.3) is 22.3 Å². The van der Waals surface area contributed by atoms with Crippen molar-refractivity contribution in [3.63, 3.8) is 0 Å². The molecular weight excluding hydrogens is 410 g/mol. The van der Waals surface area contributed by atoms with Gasteiger partial charge in [-0.3, -0.25) is 0 Å². The number of rotatable bonds is 6. The van der Waals surface area contributed by atoms with E-state index in [9.17, 15) is 0 Å². The van der Waals surface area contributed by atoms with Gasteiger partial charge in [0.25, 0.3) is 0 Å². The van der Waals surface area contributed by atoms with Crippen molar-refractivity contribution in [1.82, 2.24) is 0 Å². The number of benzene rings is 5. The van der Waals surface area contributed by atoms with Crippen LogP contribution in [0.1, 0.15) is 18.1 Å². The second-order valence-corrected chi connectivity index (χ2v) is 8.68. The van der Waals surface area contributed by atoms with Crippen molar-refractivity contribution in [2.45, 2.75) is 20.3 Å². The van der Waals surface area contributed by atoms with Gasteiger partial charge in [0.05, 0.1) is 0 Å². The van der Waals surface area contributed by atoms with E-state index in [-0.39, 0.29) is 0 Å². The monoisotopic (exact) mass is 439 g/mol. The first-order valence-corrected chi connectivity index (χ1v) is 11.9. The van der Waals surface area contributed by atoms with Crippen LogP contribution in [0.5, 0.6) is 0 Å². The Bertz CT molecular complexity index is 1350. The molecule has 1 heteroatoms. The number of hydrogen-bond acceptors (Lipinski definition) is 1. The van der Waals surface area contributed by atoms with Gasteiger partial charge in [-0.05, 0) is 83.1 Å². The Morgan fingerprint density at radius 2 is 0.971 bits per heavy atom. The minimum absolute atomic E-state index is 1.06. The van der Waals surface area contributed by atoms with E-state index in [0.29, 0.717) is 0 Å². The Labute approximate surface area is 203 Å². The fourth-order valence-corrected chi connectivity index (χ4v) is 4.38. The van der Waals surface area contributed by atoms with E-state index in [4.69, 9.17) is 0 Å². The summed E-state index contributed by atoms with van der Waals surface area (Å²) in [5.41, 5.74) is 11.0. The van der Waals surface area contributed by atoms with E-state index in [1.165, 1.54) is 33.4 Å². The average molecular weight is 440 g/mol. The van der Waals surface area contributed by atoms with Crippen molar-refractivity contribution in [2.75, 3.05) is 4.90 Å². The second-order valence-electron chi connectivity index (χ2n) is 8.68. The Hall–Kier alpha value is -4.10. The molecular formula is C33H29N. The molecule has 5 rings (SSSR count). The van der Waals surface area contributed by atoms with Gasteiger partial charge in [0.1, 0.15) is 0 Å². The molecule has 0 fully saturated rings. The predicted octanol–water partition coefficient (Wildman–Crippen LogP) is 9.36. The smallest absolute Gasteiger partial charge is 0.0464 e. The molecule has 0 atom stereocenters. The van der Waals surface area contributed by atoms with Crippen LogP contribution < -0.4 is 4.90 Å². The van der Waals surface area contributed by atoms with Crippen molar-refractivity contribution in [1.29, 1.82) is 0 Å². The summed E-state index contributed by atoms with van der Waals surface area (Å²) in [5, 5.41) is 0. The van der Waals surface area contributed by atoms with Crippen LogP contribution in [0.15, 0.2) is 127 Å². The molecule has 0 amide bonds. The van der Waals surface area contributed by atoms with Crippen molar-refractivity contribution < 1.29 is 0 Å². The summed E-state index contributed by atoms with van der Waals surface area (Å²) in [6, 6.07) is 45.8. The lowest BCUT2D eigenvalue weighted by Crippen LogP contribution is -2.10. The maximum absolute atomic E-state index is 2.33. The second kappa shape index (κ2) is 9.80. The van der Waals surface area contributed by atoms with Gasteiger partial charge < -0.3 is 4.90 Å². The van der Waals surface area contributed by atoms with Crippen LogP contribution in [0.4, 0.5) is 17.1 Å². The summed E-state index contributed by atoms with van der Waals surface area (Å²) < 4.78 is 0. The van der Waals surface area contributed by atoms with Crippen LogP contribution in [0.3, 0.4) is 0 Å². The summed E-state index contributed by atoms with van der Waals surface area (Å²) in [6.07, 6.45) is 1.06. The van der Waals surface area contributed by atoms with Gasteiger partial charge in [0, 0.05) is 17.1 Å². The minimum Gasteiger partial charge on any atom is -0.310 e. The molecule has 0 aromatic heterocycles. The molecule has 0 saturated carbocycles. The van der Waals surface area contributed by atoms with E-state index in [1.54, 1.807) is 0 Å². The Morgan fingerprint density at radius 1 is 0.471 bits per heavy atom. The highest BCUT2D eigenvalue weighted by Gasteiger charge is 2.13. The van der Waals surface area contributed by atoms with Crippen molar-refractivity contribution >= 4 is 17.1 Å². The maximum atomic E-state index is 2.33. The highest BCUT2D eigenvalue weighted by molar-refractivity contribution is 5.80. The van der Waals surface area contributed by atoms with Crippen LogP contribution >= 0.6 is 0 Å². The number of aryl methyl sites for hydroxylation is 2.